The Morgan fingerprint density at radius 1 is 1.32 bits per heavy atom. The third-order valence-electron chi connectivity index (χ3n) is 5.34. The monoisotopic (exact) mass is 365 g/mol. The van der Waals surface area contributed by atoms with Crippen LogP contribution in [0.15, 0.2) is 24.3 Å². The van der Waals surface area contributed by atoms with Gasteiger partial charge in [-0.1, -0.05) is 12.1 Å². The average Bonchev–Trinajstić information content (AvgIpc) is 3.00. The molecular weight excluding hydrogens is 342 g/mol. The molecule has 3 heterocycles. The minimum absolute atomic E-state index is 0. The summed E-state index contributed by atoms with van der Waals surface area (Å²) in [5.74, 6) is 0.0205. The second-order valence-corrected chi connectivity index (χ2v) is 6.98. The maximum absolute atomic E-state index is 12.7. The van der Waals surface area contributed by atoms with Gasteiger partial charge >= 0.3 is 0 Å². The minimum Gasteiger partial charge on any atom is -0.392 e. The number of carbonyl (C=O) groups excluding carboxylic acids is 1. The number of aliphatic hydroxyl groups is 1. The summed E-state index contributed by atoms with van der Waals surface area (Å²) in [5.41, 5.74) is 1.40. The van der Waals surface area contributed by atoms with E-state index >= 15 is 0 Å². The molecule has 2 fully saturated rings. The highest BCUT2D eigenvalue weighted by Crippen LogP contribution is 2.36. The van der Waals surface area contributed by atoms with Gasteiger partial charge in [-0.05, 0) is 37.9 Å². The zero-order valence-corrected chi connectivity index (χ0v) is 14.9. The van der Waals surface area contributed by atoms with E-state index in [-0.39, 0.29) is 36.4 Å². The number of carbonyl (C=O) groups is 1. The van der Waals surface area contributed by atoms with Gasteiger partial charge in [-0.3, -0.25) is 4.79 Å². The van der Waals surface area contributed by atoms with Crippen LogP contribution in [0.2, 0.25) is 0 Å². The Morgan fingerprint density at radius 2 is 2.04 bits per heavy atom. The Labute approximate surface area is 152 Å². The summed E-state index contributed by atoms with van der Waals surface area (Å²) in [6.07, 6.45) is 2.32. The van der Waals surface area contributed by atoms with Crippen molar-refractivity contribution in [3.63, 3.8) is 0 Å². The van der Waals surface area contributed by atoms with Crippen LogP contribution in [0.1, 0.15) is 19.3 Å². The quantitative estimate of drug-likeness (QED) is 0.823. The normalized spacial score (nSPS) is 26.6. The lowest BCUT2D eigenvalue weighted by atomic mass is 9.72. The van der Waals surface area contributed by atoms with Crippen molar-refractivity contribution in [1.82, 2.24) is 25.2 Å². The van der Waals surface area contributed by atoms with Crippen LogP contribution in [-0.2, 0) is 11.3 Å². The Morgan fingerprint density at radius 3 is 2.72 bits per heavy atom. The first kappa shape index (κ1) is 18.1. The number of benzene rings is 1. The lowest BCUT2D eigenvalue weighted by molar-refractivity contribution is -0.139. The highest BCUT2D eigenvalue weighted by Gasteiger charge is 2.44. The van der Waals surface area contributed by atoms with Crippen molar-refractivity contribution in [2.24, 2.45) is 5.41 Å². The molecule has 1 aromatic carbocycles. The van der Waals surface area contributed by atoms with E-state index in [1.54, 1.807) is 0 Å². The van der Waals surface area contributed by atoms with Crippen LogP contribution < -0.4 is 5.32 Å². The van der Waals surface area contributed by atoms with Crippen molar-refractivity contribution in [2.45, 2.75) is 31.9 Å². The fourth-order valence-corrected chi connectivity index (χ4v) is 3.99. The fourth-order valence-electron chi connectivity index (χ4n) is 3.99. The van der Waals surface area contributed by atoms with Crippen LogP contribution in [0.3, 0.4) is 0 Å². The largest absolute Gasteiger partial charge is 0.392 e. The third-order valence-corrected chi connectivity index (χ3v) is 5.34. The van der Waals surface area contributed by atoms with Gasteiger partial charge in [0.2, 0.25) is 5.91 Å². The predicted molar refractivity (Wildman–Crippen MR) is 96.5 cm³/mol. The Bertz CT molecular complexity index is 714. The summed E-state index contributed by atoms with van der Waals surface area (Å²) in [7, 11) is 0. The number of aromatic nitrogens is 3. The Kier molecular flexibility index (Phi) is 5.27. The molecule has 2 saturated heterocycles. The smallest absolute Gasteiger partial charge is 0.246 e. The number of piperidine rings is 2. The molecule has 2 N–H and O–H groups in total. The second kappa shape index (κ2) is 7.27. The van der Waals surface area contributed by atoms with E-state index in [9.17, 15) is 9.90 Å². The van der Waals surface area contributed by atoms with Crippen molar-refractivity contribution in [3.8, 4) is 0 Å². The number of likely N-dealkylation sites (tertiary alicyclic amines) is 1. The molecule has 0 aliphatic carbocycles. The first-order valence-corrected chi connectivity index (χ1v) is 8.63. The van der Waals surface area contributed by atoms with Crippen molar-refractivity contribution in [3.05, 3.63) is 24.3 Å². The summed E-state index contributed by atoms with van der Waals surface area (Å²) < 4.78 is 0. The molecule has 7 nitrogen and oxygen atoms in total. The Balaban J connectivity index is 0.00000182. The lowest BCUT2D eigenvalue weighted by Gasteiger charge is -2.48. The molecule has 1 spiro atoms. The summed E-state index contributed by atoms with van der Waals surface area (Å²) >= 11 is 0. The molecule has 2 aromatic rings. The van der Waals surface area contributed by atoms with Crippen LogP contribution in [0, 0.1) is 5.41 Å². The molecule has 0 unspecified atom stereocenters. The topological polar surface area (TPSA) is 83.3 Å². The third kappa shape index (κ3) is 3.49. The molecular formula is C17H24ClN5O2. The van der Waals surface area contributed by atoms with E-state index in [2.05, 4.69) is 15.5 Å². The van der Waals surface area contributed by atoms with Crippen LogP contribution in [0.4, 0.5) is 0 Å². The summed E-state index contributed by atoms with van der Waals surface area (Å²) in [6.45, 7) is 3.13. The van der Waals surface area contributed by atoms with Gasteiger partial charge in [0, 0.05) is 25.0 Å². The molecule has 25 heavy (non-hydrogen) atoms. The fraction of sp³-hybridized carbons (Fsp3) is 0.588. The van der Waals surface area contributed by atoms with Gasteiger partial charge in [-0.15, -0.1) is 12.4 Å². The molecule has 1 amide bonds. The maximum Gasteiger partial charge on any atom is 0.246 e. The molecule has 2 aliphatic rings. The molecule has 0 saturated carbocycles. The van der Waals surface area contributed by atoms with Crippen molar-refractivity contribution < 1.29 is 9.90 Å². The summed E-state index contributed by atoms with van der Waals surface area (Å²) in [5, 5.41) is 22.6. The first-order chi connectivity index (χ1) is 11.7. The van der Waals surface area contributed by atoms with Crippen LogP contribution in [0.5, 0.6) is 0 Å². The van der Waals surface area contributed by atoms with E-state index in [4.69, 9.17) is 0 Å². The predicted octanol–water partition coefficient (Wildman–Crippen LogP) is 0.816. The van der Waals surface area contributed by atoms with E-state index in [0.29, 0.717) is 6.54 Å². The molecule has 0 bridgehead atoms. The highest BCUT2D eigenvalue weighted by atomic mass is 35.5. The van der Waals surface area contributed by atoms with E-state index in [1.807, 2.05) is 29.2 Å². The molecule has 1 aromatic heterocycles. The number of amides is 1. The lowest BCUT2D eigenvalue weighted by Crippen LogP contribution is -2.59. The zero-order valence-electron chi connectivity index (χ0n) is 14.1. The van der Waals surface area contributed by atoms with E-state index in [0.717, 1.165) is 49.9 Å². The van der Waals surface area contributed by atoms with Crippen LogP contribution in [0.25, 0.3) is 11.0 Å². The number of rotatable bonds is 2. The number of hydrogen-bond acceptors (Lipinski definition) is 5. The molecule has 136 valence electrons. The molecule has 0 radical (unpaired) electrons. The minimum atomic E-state index is -0.334. The van der Waals surface area contributed by atoms with Crippen LogP contribution >= 0.6 is 12.4 Å². The maximum atomic E-state index is 12.7. The molecule has 8 heteroatoms. The van der Waals surface area contributed by atoms with Gasteiger partial charge in [-0.25, -0.2) is 0 Å². The van der Waals surface area contributed by atoms with Gasteiger partial charge in [0.05, 0.1) is 6.10 Å². The number of aliphatic hydroxyl groups excluding tert-OH is 1. The molecule has 2 aliphatic heterocycles. The van der Waals surface area contributed by atoms with Gasteiger partial charge in [0.1, 0.15) is 17.6 Å². The summed E-state index contributed by atoms with van der Waals surface area (Å²) in [6, 6.07) is 7.61. The number of nitrogens with zero attached hydrogens (tertiary/aromatic N) is 4. The van der Waals surface area contributed by atoms with Gasteiger partial charge in [0.25, 0.3) is 0 Å². The standard InChI is InChI=1S/C17H23N5O2.ClH/c23-15-6-8-18-11-17(15)7-3-9-21(12-17)16(24)10-22-19-13-4-1-2-5-14(13)20-22;/h1-2,4-5,15,18,23H,3,6-12H2;1H/t15-,17-;/m0./s1. The number of halogens is 1. The van der Waals surface area contributed by atoms with Gasteiger partial charge in [0.15, 0.2) is 0 Å². The summed E-state index contributed by atoms with van der Waals surface area (Å²) in [4.78, 5) is 16.0. The van der Waals surface area contributed by atoms with Crippen molar-refractivity contribution in [1.29, 1.82) is 0 Å². The number of nitrogens with one attached hydrogen (secondary N) is 1. The number of hydrogen-bond donors (Lipinski definition) is 2. The van der Waals surface area contributed by atoms with E-state index in [1.165, 1.54) is 4.80 Å². The van der Waals surface area contributed by atoms with Crippen molar-refractivity contribution in [2.75, 3.05) is 26.2 Å². The average molecular weight is 366 g/mol. The van der Waals surface area contributed by atoms with Gasteiger partial charge < -0.3 is 15.3 Å². The molecule has 4 rings (SSSR count). The first-order valence-electron chi connectivity index (χ1n) is 8.63. The van der Waals surface area contributed by atoms with E-state index < -0.39 is 0 Å². The second-order valence-electron chi connectivity index (χ2n) is 6.98. The zero-order chi connectivity index (χ0) is 16.6. The van der Waals surface area contributed by atoms with Crippen molar-refractivity contribution >= 4 is 29.3 Å². The van der Waals surface area contributed by atoms with Gasteiger partial charge in [-0.2, -0.15) is 15.0 Å². The molecule has 2 atom stereocenters. The van der Waals surface area contributed by atoms with Crippen LogP contribution in [-0.4, -0.2) is 63.2 Å². The highest BCUT2D eigenvalue weighted by molar-refractivity contribution is 5.85. The SMILES string of the molecule is Cl.O=C(Cn1nc2ccccc2n1)N1CCC[C@]2(CNCC[C@@H]2O)C1. The number of fused-ring (bicyclic) bond motifs is 1. The Hall–Kier alpha value is -1.70.